The lowest BCUT2D eigenvalue weighted by molar-refractivity contribution is -0.133. The third kappa shape index (κ3) is 0.145. The lowest BCUT2D eigenvalue weighted by Gasteiger charge is -2.60. The first-order valence-electron chi connectivity index (χ1n) is 4.80. The van der Waals surface area contributed by atoms with Crippen molar-refractivity contribution in [2.24, 2.45) is 40.4 Å². The molecule has 0 amide bonds. The summed E-state index contributed by atoms with van der Waals surface area (Å²) in [4.78, 5) is 0. The van der Waals surface area contributed by atoms with Crippen molar-refractivity contribution in [2.45, 2.75) is 19.8 Å². The van der Waals surface area contributed by atoms with Gasteiger partial charge in [0.2, 0.25) is 0 Å². The lowest BCUT2D eigenvalue weighted by atomic mass is 9.44. The SMILES string of the molecule is CC12CC3C4C3C3(CC13)C42. The molecule has 0 aromatic rings. The molecular weight excluding hydrogens is 120 g/mol. The maximum atomic E-state index is 2.58. The van der Waals surface area contributed by atoms with Crippen molar-refractivity contribution in [1.82, 2.24) is 0 Å². The molecule has 5 aliphatic rings. The highest BCUT2D eigenvalue weighted by molar-refractivity contribution is 5.47. The molecule has 10 heavy (non-hydrogen) atoms. The Hall–Kier alpha value is 0. The molecule has 0 bridgehead atoms. The van der Waals surface area contributed by atoms with Crippen LogP contribution in [-0.4, -0.2) is 0 Å². The maximum absolute atomic E-state index is 2.58. The van der Waals surface area contributed by atoms with E-state index in [4.69, 9.17) is 0 Å². The third-order valence-electron chi connectivity index (χ3n) is 6.04. The molecule has 5 aliphatic carbocycles. The highest BCUT2D eigenvalue weighted by Gasteiger charge is 3.00. The van der Waals surface area contributed by atoms with E-state index < -0.39 is 0 Å². The Kier molecular flexibility index (Phi) is 0.283. The van der Waals surface area contributed by atoms with Gasteiger partial charge in [-0.1, -0.05) is 6.92 Å². The Labute approximate surface area is 61.0 Å². The molecule has 7 atom stereocenters. The van der Waals surface area contributed by atoms with Crippen LogP contribution in [0.4, 0.5) is 0 Å². The molecule has 0 radical (unpaired) electrons. The van der Waals surface area contributed by atoms with Crippen LogP contribution in [0.15, 0.2) is 0 Å². The van der Waals surface area contributed by atoms with Gasteiger partial charge in [-0.05, 0) is 53.3 Å². The van der Waals surface area contributed by atoms with E-state index in [1.807, 2.05) is 0 Å². The van der Waals surface area contributed by atoms with Crippen molar-refractivity contribution < 1.29 is 0 Å². The molecule has 0 nitrogen and oxygen atoms in total. The van der Waals surface area contributed by atoms with Crippen LogP contribution in [-0.2, 0) is 0 Å². The van der Waals surface area contributed by atoms with Crippen LogP contribution in [0.2, 0.25) is 0 Å². The molecule has 1 spiro atoms. The molecule has 0 saturated heterocycles. The molecule has 5 rings (SSSR count). The van der Waals surface area contributed by atoms with Crippen molar-refractivity contribution in [2.75, 3.05) is 0 Å². The minimum atomic E-state index is 0.907. The zero-order chi connectivity index (χ0) is 6.30. The largest absolute Gasteiger partial charge is 0.0590 e. The molecule has 0 N–H and O–H groups in total. The minimum absolute atomic E-state index is 0.907. The first-order valence-corrected chi connectivity index (χ1v) is 4.80. The fraction of sp³-hybridized carbons (Fsp3) is 1.00. The summed E-state index contributed by atoms with van der Waals surface area (Å²) in [6, 6.07) is 0. The average Bonchev–Trinajstić information content (AvgIpc) is 2.64. The molecule has 5 fully saturated rings. The quantitative estimate of drug-likeness (QED) is 0.472. The molecular formula is C10H12. The maximum Gasteiger partial charge on any atom is -0.0190 e. The van der Waals surface area contributed by atoms with E-state index >= 15 is 0 Å². The molecule has 7 unspecified atom stereocenters. The molecule has 5 saturated carbocycles. The Morgan fingerprint density at radius 3 is 2.80 bits per heavy atom. The summed E-state index contributed by atoms with van der Waals surface area (Å²) in [5.74, 6) is 6.34. The smallest absolute Gasteiger partial charge is 0.0190 e. The van der Waals surface area contributed by atoms with Crippen LogP contribution in [0.5, 0.6) is 0 Å². The van der Waals surface area contributed by atoms with Crippen molar-refractivity contribution in [3.63, 3.8) is 0 Å². The Morgan fingerprint density at radius 1 is 1.30 bits per heavy atom. The topological polar surface area (TPSA) is 0 Å². The van der Waals surface area contributed by atoms with Gasteiger partial charge < -0.3 is 0 Å². The molecule has 0 heterocycles. The normalized spacial score (nSPS) is 97.5. The predicted molar refractivity (Wildman–Crippen MR) is 37.2 cm³/mol. The summed E-state index contributed by atoms with van der Waals surface area (Å²) in [5.41, 5.74) is 1.95. The van der Waals surface area contributed by atoms with Crippen molar-refractivity contribution in [1.29, 1.82) is 0 Å². The van der Waals surface area contributed by atoms with Gasteiger partial charge in [0.15, 0.2) is 0 Å². The van der Waals surface area contributed by atoms with E-state index in [0.29, 0.717) is 0 Å². The van der Waals surface area contributed by atoms with Crippen molar-refractivity contribution in [3.05, 3.63) is 0 Å². The van der Waals surface area contributed by atoms with Gasteiger partial charge in [-0.3, -0.25) is 0 Å². The molecule has 0 aliphatic heterocycles. The first kappa shape index (κ1) is 4.13. The Balaban J connectivity index is 1.92. The van der Waals surface area contributed by atoms with Gasteiger partial charge in [0, 0.05) is 0 Å². The number of hydrogen-bond donors (Lipinski definition) is 0. The van der Waals surface area contributed by atoms with Gasteiger partial charge in [-0.25, -0.2) is 0 Å². The van der Waals surface area contributed by atoms with Crippen molar-refractivity contribution in [3.8, 4) is 0 Å². The lowest BCUT2D eigenvalue weighted by Crippen LogP contribution is -2.56. The summed E-state index contributed by atoms with van der Waals surface area (Å²) in [6.07, 6.45) is 3.30. The summed E-state index contributed by atoms with van der Waals surface area (Å²) in [6.45, 7) is 2.58. The number of hydrogen-bond acceptors (Lipinski definition) is 0. The van der Waals surface area contributed by atoms with Gasteiger partial charge in [-0.2, -0.15) is 0 Å². The molecule has 0 aromatic carbocycles. The van der Waals surface area contributed by atoms with Crippen LogP contribution in [0.25, 0.3) is 0 Å². The molecule has 52 valence electrons. The summed E-state index contributed by atoms with van der Waals surface area (Å²) < 4.78 is 0. The van der Waals surface area contributed by atoms with Gasteiger partial charge in [0.05, 0.1) is 0 Å². The van der Waals surface area contributed by atoms with E-state index in [2.05, 4.69) is 6.92 Å². The monoisotopic (exact) mass is 132 g/mol. The zero-order valence-electron chi connectivity index (χ0n) is 6.30. The van der Waals surface area contributed by atoms with Crippen LogP contribution in [0.1, 0.15) is 19.8 Å². The fourth-order valence-electron chi connectivity index (χ4n) is 6.13. The second kappa shape index (κ2) is 0.685. The average molecular weight is 132 g/mol. The van der Waals surface area contributed by atoms with E-state index in [1.54, 1.807) is 12.8 Å². The number of fused-ring (bicyclic) bond motifs is 2. The summed E-state index contributed by atoms with van der Waals surface area (Å²) >= 11 is 0. The van der Waals surface area contributed by atoms with Crippen LogP contribution >= 0.6 is 0 Å². The predicted octanol–water partition coefficient (Wildman–Crippen LogP) is 1.91. The van der Waals surface area contributed by atoms with Gasteiger partial charge in [0.1, 0.15) is 0 Å². The summed E-state index contributed by atoms with van der Waals surface area (Å²) in [7, 11) is 0. The van der Waals surface area contributed by atoms with Crippen molar-refractivity contribution >= 4 is 0 Å². The first-order chi connectivity index (χ1) is 4.80. The zero-order valence-corrected chi connectivity index (χ0v) is 6.30. The van der Waals surface area contributed by atoms with Gasteiger partial charge >= 0.3 is 0 Å². The van der Waals surface area contributed by atoms with E-state index in [0.717, 1.165) is 10.8 Å². The van der Waals surface area contributed by atoms with Crippen LogP contribution in [0, 0.1) is 40.4 Å². The second-order valence-electron chi connectivity index (χ2n) is 5.82. The second-order valence-corrected chi connectivity index (χ2v) is 5.82. The highest BCUT2D eigenvalue weighted by Crippen LogP contribution is 3.05. The van der Waals surface area contributed by atoms with Crippen LogP contribution in [0.3, 0.4) is 0 Å². The summed E-state index contributed by atoms with van der Waals surface area (Å²) in [5, 5.41) is 0. The fourth-order valence-corrected chi connectivity index (χ4v) is 6.13. The molecule has 0 heteroatoms. The molecule has 0 aromatic heterocycles. The highest BCUT2D eigenvalue weighted by atomic mass is 15.0. The van der Waals surface area contributed by atoms with Crippen LogP contribution < -0.4 is 0 Å². The van der Waals surface area contributed by atoms with Gasteiger partial charge in [0.25, 0.3) is 0 Å². The third-order valence-corrected chi connectivity index (χ3v) is 6.04. The number of rotatable bonds is 0. The van der Waals surface area contributed by atoms with E-state index in [-0.39, 0.29) is 0 Å². The Bertz CT molecular complexity index is 278. The van der Waals surface area contributed by atoms with E-state index in [9.17, 15) is 0 Å². The Morgan fingerprint density at radius 2 is 2.20 bits per heavy atom. The van der Waals surface area contributed by atoms with Gasteiger partial charge in [-0.15, -0.1) is 0 Å². The minimum Gasteiger partial charge on any atom is -0.0590 e. The van der Waals surface area contributed by atoms with E-state index in [1.165, 1.54) is 29.6 Å². The standard InChI is InChI=1S/C10H12/c1-9-2-4-6-7(4)10(8(6)9)3-5(9)10/h4-8H,2-3H2,1H3.